The fourth-order valence-electron chi connectivity index (χ4n) is 4.78. The van der Waals surface area contributed by atoms with Crippen LogP contribution in [0.15, 0.2) is 28.8 Å². The third kappa shape index (κ3) is 3.27. The highest BCUT2D eigenvalue weighted by Gasteiger charge is 2.60. The number of hydrogen-bond acceptors (Lipinski definition) is 5. The second kappa shape index (κ2) is 7.65. The van der Waals surface area contributed by atoms with Crippen molar-refractivity contribution < 1.29 is 23.9 Å². The number of allylic oxidation sites excluding steroid dienone is 2. The minimum absolute atomic E-state index is 0.0769. The van der Waals surface area contributed by atoms with Crippen LogP contribution in [0.1, 0.15) is 24.5 Å². The van der Waals surface area contributed by atoms with Crippen LogP contribution in [-0.4, -0.2) is 41.2 Å². The second-order valence-electron chi connectivity index (χ2n) is 8.22. The Hall–Kier alpha value is -2.48. The zero-order valence-electron chi connectivity index (χ0n) is 17.0. The molecule has 1 saturated heterocycles. The molecule has 2 fully saturated rings. The van der Waals surface area contributed by atoms with Crippen molar-refractivity contribution in [3.05, 3.63) is 39.9 Å². The highest BCUT2D eigenvalue weighted by Crippen LogP contribution is 2.52. The minimum Gasteiger partial charge on any atom is -0.454 e. The zero-order valence-corrected chi connectivity index (χ0v) is 18.6. The molecule has 0 unspecified atom stereocenters. The fraction of sp³-hybridized carbons (Fsp3) is 0.455. The zero-order chi connectivity index (χ0) is 21.7. The first-order chi connectivity index (χ1) is 14.2. The van der Waals surface area contributed by atoms with Gasteiger partial charge in [0.1, 0.15) is 6.04 Å². The maximum Gasteiger partial charge on any atom is 0.329 e. The van der Waals surface area contributed by atoms with E-state index in [4.69, 9.17) is 4.74 Å². The van der Waals surface area contributed by atoms with Gasteiger partial charge in [0.25, 0.3) is 5.91 Å². The summed E-state index contributed by atoms with van der Waals surface area (Å²) in [6.07, 6.45) is 4.83. The van der Waals surface area contributed by atoms with Gasteiger partial charge in [-0.3, -0.25) is 19.3 Å². The summed E-state index contributed by atoms with van der Waals surface area (Å²) in [6.45, 7) is 4.79. The number of hydrogen-bond donors (Lipinski definition) is 1. The maximum atomic E-state index is 12.8. The van der Waals surface area contributed by atoms with Crippen LogP contribution in [0.5, 0.6) is 0 Å². The van der Waals surface area contributed by atoms with E-state index in [0.717, 1.165) is 26.9 Å². The van der Waals surface area contributed by atoms with Gasteiger partial charge in [0.15, 0.2) is 6.61 Å². The summed E-state index contributed by atoms with van der Waals surface area (Å²) in [5, 5.41) is 2.72. The molecule has 1 saturated carbocycles. The van der Waals surface area contributed by atoms with E-state index in [2.05, 4.69) is 21.2 Å². The lowest BCUT2D eigenvalue weighted by molar-refractivity contribution is -0.159. The molecule has 2 aliphatic carbocycles. The molecule has 30 heavy (non-hydrogen) atoms. The van der Waals surface area contributed by atoms with Gasteiger partial charge in [-0.2, -0.15) is 0 Å². The monoisotopic (exact) mass is 474 g/mol. The number of benzene rings is 1. The molecule has 5 atom stereocenters. The summed E-state index contributed by atoms with van der Waals surface area (Å²) in [7, 11) is 0. The molecule has 7 nitrogen and oxygen atoms in total. The molecule has 1 aliphatic heterocycles. The number of esters is 1. The molecular formula is C22H23BrN2O5. The van der Waals surface area contributed by atoms with Crippen molar-refractivity contribution in [1.29, 1.82) is 0 Å². The number of ether oxygens (including phenoxy) is 1. The van der Waals surface area contributed by atoms with E-state index in [1.165, 1.54) is 6.92 Å². The summed E-state index contributed by atoms with van der Waals surface area (Å²) in [4.78, 5) is 51.3. The Labute approximate surface area is 183 Å². The van der Waals surface area contributed by atoms with E-state index in [1.54, 1.807) is 6.07 Å². The topological polar surface area (TPSA) is 92.8 Å². The molecule has 1 N–H and O–H groups in total. The van der Waals surface area contributed by atoms with Crippen LogP contribution in [-0.2, 0) is 23.9 Å². The SMILES string of the molecule is Cc1c(Br)ccc(NC(=O)COC(=O)[C@H](C)N2C(=O)[C@@H]3[C@H](C2=O)[C@H]2C=C[C@H]3C2)c1C. The molecule has 0 spiro atoms. The number of likely N-dealkylation sites (tertiary alicyclic amines) is 1. The van der Waals surface area contributed by atoms with Gasteiger partial charge in [0.05, 0.1) is 11.8 Å². The van der Waals surface area contributed by atoms with Crippen LogP contribution in [0.3, 0.4) is 0 Å². The molecular weight excluding hydrogens is 452 g/mol. The fourth-order valence-corrected chi connectivity index (χ4v) is 5.21. The van der Waals surface area contributed by atoms with Crippen molar-refractivity contribution in [3.8, 4) is 0 Å². The van der Waals surface area contributed by atoms with Crippen LogP contribution in [0.4, 0.5) is 5.69 Å². The number of imide groups is 1. The highest BCUT2D eigenvalue weighted by molar-refractivity contribution is 9.10. The molecule has 1 aromatic carbocycles. The largest absolute Gasteiger partial charge is 0.454 e. The van der Waals surface area contributed by atoms with Gasteiger partial charge in [0.2, 0.25) is 11.8 Å². The minimum atomic E-state index is -1.06. The number of anilines is 1. The van der Waals surface area contributed by atoms with E-state index in [9.17, 15) is 19.2 Å². The van der Waals surface area contributed by atoms with Gasteiger partial charge in [-0.1, -0.05) is 28.1 Å². The van der Waals surface area contributed by atoms with E-state index in [1.807, 2.05) is 32.1 Å². The first-order valence-electron chi connectivity index (χ1n) is 9.98. The number of nitrogens with zero attached hydrogens (tertiary/aromatic N) is 1. The predicted octanol–water partition coefficient (Wildman–Crippen LogP) is 2.74. The average Bonchev–Trinajstić information content (AvgIpc) is 3.40. The Morgan fingerprint density at radius 1 is 1.13 bits per heavy atom. The number of carbonyl (C=O) groups excluding carboxylic acids is 4. The Morgan fingerprint density at radius 2 is 1.73 bits per heavy atom. The first kappa shape index (κ1) is 20.8. The van der Waals surface area contributed by atoms with E-state index in [-0.39, 0.29) is 35.5 Å². The number of carbonyl (C=O) groups is 4. The number of rotatable bonds is 5. The van der Waals surface area contributed by atoms with E-state index in [0.29, 0.717) is 5.69 Å². The molecule has 3 aliphatic rings. The van der Waals surface area contributed by atoms with Crippen LogP contribution in [0.25, 0.3) is 0 Å². The lowest BCUT2D eigenvalue weighted by Gasteiger charge is -2.23. The number of nitrogens with one attached hydrogen (secondary N) is 1. The van der Waals surface area contributed by atoms with E-state index < -0.39 is 24.5 Å². The van der Waals surface area contributed by atoms with Gasteiger partial charge in [-0.05, 0) is 62.3 Å². The standard InChI is InChI=1S/C22H23BrN2O5/c1-10-11(2)16(7-6-15(10)23)24-17(26)9-30-22(29)12(3)25-20(27)18-13-4-5-14(8-13)19(18)21(25)28/h4-7,12-14,18-19H,8-9H2,1-3H3,(H,24,26)/t12-,13-,14-,18-,19+/m0/s1. The Morgan fingerprint density at radius 3 is 2.33 bits per heavy atom. The quantitative estimate of drug-likeness (QED) is 0.402. The Kier molecular flexibility index (Phi) is 5.30. The van der Waals surface area contributed by atoms with Crippen LogP contribution in [0.2, 0.25) is 0 Å². The van der Waals surface area contributed by atoms with Gasteiger partial charge < -0.3 is 10.1 Å². The summed E-state index contributed by atoms with van der Waals surface area (Å²) in [5.74, 6) is -2.45. The lowest BCUT2D eigenvalue weighted by atomic mass is 9.85. The van der Waals surface area contributed by atoms with Crippen molar-refractivity contribution in [2.75, 3.05) is 11.9 Å². The molecule has 0 radical (unpaired) electrons. The molecule has 1 heterocycles. The molecule has 8 heteroatoms. The highest BCUT2D eigenvalue weighted by atomic mass is 79.9. The summed E-state index contributed by atoms with van der Waals surface area (Å²) < 4.78 is 6.05. The molecule has 0 aromatic heterocycles. The first-order valence-corrected chi connectivity index (χ1v) is 10.8. The Balaban J connectivity index is 1.35. The number of amides is 3. The lowest BCUT2D eigenvalue weighted by Crippen LogP contribution is -2.45. The van der Waals surface area contributed by atoms with Crippen molar-refractivity contribution in [2.45, 2.75) is 33.2 Å². The molecule has 1 aromatic rings. The average molecular weight is 475 g/mol. The van der Waals surface area contributed by atoms with Crippen molar-refractivity contribution in [1.82, 2.24) is 4.90 Å². The third-order valence-corrected chi connectivity index (χ3v) is 7.43. The summed E-state index contributed by atoms with van der Waals surface area (Å²) in [6, 6.07) is 2.53. The van der Waals surface area contributed by atoms with Gasteiger partial charge >= 0.3 is 5.97 Å². The van der Waals surface area contributed by atoms with Gasteiger partial charge in [-0.25, -0.2) is 4.79 Å². The molecule has 4 rings (SSSR count). The molecule has 2 bridgehead atoms. The summed E-state index contributed by atoms with van der Waals surface area (Å²) in [5.41, 5.74) is 2.53. The maximum absolute atomic E-state index is 12.8. The normalized spacial score (nSPS) is 27.4. The predicted molar refractivity (Wildman–Crippen MR) is 112 cm³/mol. The van der Waals surface area contributed by atoms with E-state index >= 15 is 0 Å². The second-order valence-corrected chi connectivity index (χ2v) is 9.08. The van der Waals surface area contributed by atoms with Crippen molar-refractivity contribution in [2.24, 2.45) is 23.7 Å². The molecule has 3 amide bonds. The smallest absolute Gasteiger partial charge is 0.329 e. The van der Waals surface area contributed by atoms with Crippen LogP contribution in [0, 0.1) is 37.5 Å². The number of fused-ring (bicyclic) bond motifs is 5. The molecule has 158 valence electrons. The summed E-state index contributed by atoms with van der Waals surface area (Å²) >= 11 is 3.44. The van der Waals surface area contributed by atoms with Gasteiger partial charge in [-0.15, -0.1) is 0 Å². The van der Waals surface area contributed by atoms with Crippen LogP contribution < -0.4 is 5.32 Å². The van der Waals surface area contributed by atoms with Crippen LogP contribution >= 0.6 is 15.9 Å². The third-order valence-electron chi connectivity index (χ3n) is 6.57. The van der Waals surface area contributed by atoms with Crippen molar-refractivity contribution >= 4 is 45.3 Å². The van der Waals surface area contributed by atoms with Crippen molar-refractivity contribution in [3.63, 3.8) is 0 Å². The Bertz CT molecular complexity index is 958. The number of halogens is 1. The van der Waals surface area contributed by atoms with Gasteiger partial charge in [0, 0.05) is 10.2 Å².